The van der Waals surface area contributed by atoms with Crippen LogP contribution in [0, 0.1) is 0 Å². The molecule has 3 rings (SSSR count). The van der Waals surface area contributed by atoms with Crippen molar-refractivity contribution in [3.63, 3.8) is 0 Å². The van der Waals surface area contributed by atoms with Gasteiger partial charge in [-0.25, -0.2) is 0 Å². The molecule has 1 unspecified atom stereocenters. The summed E-state index contributed by atoms with van der Waals surface area (Å²) >= 11 is 2.04. The zero-order chi connectivity index (χ0) is 13.1. The van der Waals surface area contributed by atoms with Crippen LogP contribution in [0.15, 0.2) is 28.7 Å². The molecule has 1 aliphatic rings. The van der Waals surface area contributed by atoms with Crippen LogP contribution < -0.4 is 10.1 Å². The summed E-state index contributed by atoms with van der Waals surface area (Å²) in [5.41, 5.74) is 0.847. The third-order valence-electron chi connectivity index (χ3n) is 3.50. The van der Waals surface area contributed by atoms with Gasteiger partial charge >= 0.3 is 0 Å². The molecule has 19 heavy (non-hydrogen) atoms. The van der Waals surface area contributed by atoms with E-state index in [1.165, 1.54) is 24.3 Å². The first-order valence-corrected chi connectivity index (χ1v) is 7.89. The molecule has 102 valence electrons. The van der Waals surface area contributed by atoms with Gasteiger partial charge in [0.05, 0.1) is 13.7 Å². The van der Waals surface area contributed by atoms with Crippen LogP contribution in [0.2, 0.25) is 0 Å². The third kappa shape index (κ3) is 2.90. The maximum absolute atomic E-state index is 5.89. The summed E-state index contributed by atoms with van der Waals surface area (Å²) in [6.07, 6.45) is 2.59. The molecule has 3 nitrogen and oxygen atoms in total. The van der Waals surface area contributed by atoms with E-state index < -0.39 is 0 Å². The highest BCUT2D eigenvalue weighted by molar-refractivity contribution is 7.99. The van der Waals surface area contributed by atoms with Gasteiger partial charge in [0.25, 0.3) is 0 Å². The maximum Gasteiger partial charge on any atom is 0.176 e. The predicted octanol–water partition coefficient (Wildman–Crippen LogP) is 3.43. The number of benzene rings is 1. The first-order chi connectivity index (χ1) is 9.36. The SMILES string of the molecule is COc1cccc2cc(CNC3CCCSC3)oc12. The van der Waals surface area contributed by atoms with Crippen LogP contribution in [-0.4, -0.2) is 24.7 Å². The van der Waals surface area contributed by atoms with Crippen molar-refractivity contribution < 1.29 is 9.15 Å². The normalized spacial score (nSPS) is 19.7. The minimum absolute atomic E-state index is 0.619. The number of para-hydroxylation sites is 1. The topological polar surface area (TPSA) is 34.4 Å². The molecule has 4 heteroatoms. The fraction of sp³-hybridized carbons (Fsp3) is 0.467. The van der Waals surface area contributed by atoms with Gasteiger partial charge in [0.15, 0.2) is 11.3 Å². The molecule has 1 aliphatic heterocycles. The first-order valence-electron chi connectivity index (χ1n) is 6.73. The summed E-state index contributed by atoms with van der Waals surface area (Å²) in [5.74, 6) is 4.30. The van der Waals surface area contributed by atoms with Gasteiger partial charge in [-0.3, -0.25) is 0 Å². The molecule has 0 spiro atoms. The molecule has 1 N–H and O–H groups in total. The molecule has 1 saturated heterocycles. The van der Waals surface area contributed by atoms with Gasteiger partial charge in [0.1, 0.15) is 5.76 Å². The Morgan fingerprint density at radius 1 is 1.47 bits per heavy atom. The van der Waals surface area contributed by atoms with Gasteiger partial charge in [-0.1, -0.05) is 12.1 Å². The van der Waals surface area contributed by atoms with Crippen molar-refractivity contribution in [1.29, 1.82) is 0 Å². The summed E-state index contributed by atoms with van der Waals surface area (Å²) in [7, 11) is 1.68. The molecular weight excluding hydrogens is 258 g/mol. The molecule has 0 bridgehead atoms. The number of ether oxygens (including phenoxy) is 1. The lowest BCUT2D eigenvalue weighted by atomic mass is 10.2. The van der Waals surface area contributed by atoms with Crippen LogP contribution in [-0.2, 0) is 6.54 Å². The zero-order valence-electron chi connectivity index (χ0n) is 11.1. The quantitative estimate of drug-likeness (QED) is 0.928. The standard InChI is InChI=1S/C15H19NO2S/c1-17-14-6-2-4-11-8-13(18-15(11)14)9-16-12-5-3-7-19-10-12/h2,4,6,8,12,16H,3,5,7,9-10H2,1H3. The van der Waals surface area contributed by atoms with Crippen LogP contribution in [0.3, 0.4) is 0 Å². The lowest BCUT2D eigenvalue weighted by Gasteiger charge is -2.21. The first kappa shape index (κ1) is 12.9. The second-order valence-corrected chi connectivity index (χ2v) is 6.04. The summed E-state index contributed by atoms with van der Waals surface area (Å²) in [6, 6.07) is 8.70. The Morgan fingerprint density at radius 2 is 2.42 bits per heavy atom. The van der Waals surface area contributed by atoms with E-state index in [-0.39, 0.29) is 0 Å². The molecule has 0 saturated carbocycles. The van der Waals surface area contributed by atoms with E-state index in [0.717, 1.165) is 29.0 Å². The average Bonchev–Trinajstić information content (AvgIpc) is 2.89. The van der Waals surface area contributed by atoms with Gasteiger partial charge < -0.3 is 14.5 Å². The highest BCUT2D eigenvalue weighted by atomic mass is 32.2. The zero-order valence-corrected chi connectivity index (χ0v) is 12.0. The fourth-order valence-corrected chi connectivity index (χ4v) is 3.59. The van der Waals surface area contributed by atoms with E-state index in [2.05, 4.69) is 17.4 Å². The van der Waals surface area contributed by atoms with Gasteiger partial charge in [0, 0.05) is 17.2 Å². The Bertz CT molecular complexity index is 546. The summed E-state index contributed by atoms with van der Waals surface area (Å²) in [6.45, 7) is 0.795. The monoisotopic (exact) mass is 277 g/mol. The number of methoxy groups -OCH3 is 1. The van der Waals surface area contributed by atoms with Crippen molar-refractivity contribution in [1.82, 2.24) is 5.32 Å². The minimum Gasteiger partial charge on any atom is -0.493 e. The Kier molecular flexibility index (Phi) is 3.99. The Morgan fingerprint density at radius 3 is 3.21 bits per heavy atom. The third-order valence-corrected chi connectivity index (χ3v) is 4.72. The van der Waals surface area contributed by atoms with E-state index in [9.17, 15) is 0 Å². The average molecular weight is 277 g/mol. The van der Waals surface area contributed by atoms with Crippen LogP contribution in [0.4, 0.5) is 0 Å². The highest BCUT2D eigenvalue weighted by Gasteiger charge is 2.14. The maximum atomic E-state index is 5.89. The number of hydrogen-bond donors (Lipinski definition) is 1. The molecule has 0 amide bonds. The Labute approximate surface area is 117 Å². The lowest BCUT2D eigenvalue weighted by molar-refractivity contribution is 0.403. The molecular formula is C15H19NO2S. The second kappa shape index (κ2) is 5.88. The van der Waals surface area contributed by atoms with Crippen molar-refractivity contribution in [3.8, 4) is 5.75 Å². The minimum atomic E-state index is 0.619. The molecule has 1 aromatic heterocycles. The smallest absolute Gasteiger partial charge is 0.176 e. The van der Waals surface area contributed by atoms with E-state index in [4.69, 9.17) is 9.15 Å². The predicted molar refractivity (Wildman–Crippen MR) is 80.0 cm³/mol. The van der Waals surface area contributed by atoms with Crippen LogP contribution in [0.25, 0.3) is 11.0 Å². The van der Waals surface area contributed by atoms with Crippen molar-refractivity contribution >= 4 is 22.7 Å². The number of hydrogen-bond acceptors (Lipinski definition) is 4. The van der Waals surface area contributed by atoms with Crippen molar-refractivity contribution in [2.45, 2.75) is 25.4 Å². The van der Waals surface area contributed by atoms with Crippen LogP contribution in [0.1, 0.15) is 18.6 Å². The second-order valence-electron chi connectivity index (χ2n) is 4.89. The summed E-state index contributed by atoms with van der Waals surface area (Å²) in [4.78, 5) is 0. The van der Waals surface area contributed by atoms with Gasteiger partial charge in [-0.15, -0.1) is 0 Å². The molecule has 0 aliphatic carbocycles. The number of thioether (sulfide) groups is 1. The van der Waals surface area contributed by atoms with Crippen molar-refractivity contribution in [2.24, 2.45) is 0 Å². The number of fused-ring (bicyclic) bond motifs is 1. The summed E-state index contributed by atoms with van der Waals surface area (Å²) in [5, 5.41) is 4.69. The molecule has 1 atom stereocenters. The highest BCUT2D eigenvalue weighted by Crippen LogP contribution is 2.28. The van der Waals surface area contributed by atoms with E-state index in [1.807, 2.05) is 23.9 Å². The molecule has 1 aromatic carbocycles. The van der Waals surface area contributed by atoms with Crippen molar-refractivity contribution in [3.05, 3.63) is 30.0 Å². The number of nitrogens with one attached hydrogen (secondary N) is 1. The van der Waals surface area contributed by atoms with E-state index in [1.54, 1.807) is 7.11 Å². The lowest BCUT2D eigenvalue weighted by Crippen LogP contribution is -2.33. The Balaban J connectivity index is 1.70. The molecule has 1 fully saturated rings. The largest absolute Gasteiger partial charge is 0.493 e. The number of rotatable bonds is 4. The summed E-state index contributed by atoms with van der Waals surface area (Å²) < 4.78 is 11.2. The van der Waals surface area contributed by atoms with Crippen LogP contribution >= 0.6 is 11.8 Å². The molecule has 2 heterocycles. The van der Waals surface area contributed by atoms with E-state index in [0.29, 0.717) is 6.04 Å². The van der Waals surface area contributed by atoms with Gasteiger partial charge in [0.2, 0.25) is 0 Å². The fourth-order valence-electron chi connectivity index (χ4n) is 2.48. The number of furan rings is 1. The molecule has 2 aromatic rings. The Hall–Kier alpha value is -1.13. The molecule has 0 radical (unpaired) electrons. The van der Waals surface area contributed by atoms with Crippen molar-refractivity contribution in [2.75, 3.05) is 18.6 Å². The van der Waals surface area contributed by atoms with Gasteiger partial charge in [-0.05, 0) is 30.7 Å². The van der Waals surface area contributed by atoms with Gasteiger partial charge in [-0.2, -0.15) is 11.8 Å². The van der Waals surface area contributed by atoms with Crippen LogP contribution in [0.5, 0.6) is 5.75 Å². The van der Waals surface area contributed by atoms with E-state index >= 15 is 0 Å².